The molecule has 0 aromatic heterocycles. The van der Waals surface area contributed by atoms with E-state index in [0.29, 0.717) is 109 Å². The third-order valence-corrected chi connectivity index (χ3v) is 19.8. The van der Waals surface area contributed by atoms with Gasteiger partial charge in [0.15, 0.2) is 0 Å². The second-order valence-electron chi connectivity index (χ2n) is 28.9. The molecule has 0 fully saturated rings. The van der Waals surface area contributed by atoms with Crippen LogP contribution in [0.4, 0.5) is 85.6 Å². The average Bonchev–Trinajstić information content (AvgIpc) is 0.832. The standard InChI is InChI=1S/C94H112N14O6/c1-5-9-29-69-45-53-79(54-46-69)97-91(111)103-85-41-23-17-35-75(85)65-107(66-76-36-18-24-42-86(76)104-92(112)98-80-55-47-70(48-56-80)30-10-6-2)63-73-33-15-21-39-83(73)101-89(109)95-61-27-13-14-28-62-96-90(110)102-84-40-22-16-34-74(84)64-108(67-77-37-19-25-43-87(77)105-93(113)99-81-57-49-71(50-58-81)31-11-7-3)68-78-38-20-26-44-88(78)106-94(114)100-82-59-51-72(52-60-82)32-12-8-4/h15-26,33-60H,5-14,27-32,61-68H2,1-4H3,(H2,95,101,109)(H2,96,102,110)(H2,97,103,111)(H2,98,104,112)(H2,99,105,113)(H2,100,106,114). The van der Waals surface area contributed by atoms with Gasteiger partial charge in [-0.1, -0.05) is 224 Å². The van der Waals surface area contributed by atoms with Crippen LogP contribution in [0.25, 0.3) is 0 Å². The lowest BCUT2D eigenvalue weighted by molar-refractivity contribution is 0.247. The quantitative estimate of drug-likeness (QED) is 0.0164. The zero-order valence-electron chi connectivity index (χ0n) is 66.4. The highest BCUT2D eigenvalue weighted by Gasteiger charge is 2.21. The first kappa shape index (κ1) is 84.2. The van der Waals surface area contributed by atoms with Crippen LogP contribution < -0.4 is 63.8 Å². The molecule has 594 valence electrons. The Morgan fingerprint density at radius 2 is 0.412 bits per heavy atom. The minimum atomic E-state index is -0.369. The molecule has 20 heteroatoms. The molecule has 114 heavy (non-hydrogen) atoms. The number of urea groups is 6. The number of hydrogen-bond acceptors (Lipinski definition) is 8. The Bertz CT molecular complexity index is 4170. The fraction of sp³-hybridized carbons (Fsp3) is 0.298. The Morgan fingerprint density at radius 3 is 0.614 bits per heavy atom. The Kier molecular flexibility index (Phi) is 33.9. The first-order valence-corrected chi connectivity index (χ1v) is 40.4. The van der Waals surface area contributed by atoms with E-state index in [1.165, 1.54) is 22.3 Å². The molecule has 12 N–H and O–H groups in total. The third-order valence-electron chi connectivity index (χ3n) is 19.8. The van der Waals surface area contributed by atoms with Crippen molar-refractivity contribution in [3.8, 4) is 0 Å². The van der Waals surface area contributed by atoms with Crippen LogP contribution in [0.15, 0.2) is 243 Å². The zero-order chi connectivity index (χ0) is 79.9. The molecule has 0 saturated heterocycles. The predicted molar refractivity (Wildman–Crippen MR) is 468 cm³/mol. The molecule has 0 heterocycles. The van der Waals surface area contributed by atoms with Crippen LogP contribution in [-0.2, 0) is 65.0 Å². The van der Waals surface area contributed by atoms with E-state index in [1.54, 1.807) is 0 Å². The SMILES string of the molecule is CCCCc1ccc(NC(=O)Nc2ccccc2CN(Cc2ccccc2NC(=O)NCCCCCCNC(=O)Nc2ccccc2CN(Cc2ccccc2NC(=O)Nc2ccc(CCCC)cc2)Cc2ccccc2NC(=O)Nc2ccc(CCCC)cc2)Cc2ccccc2NC(=O)Nc2ccc(CCCC)cc2)cc1. The molecule has 0 aliphatic carbocycles. The Labute approximate surface area is 672 Å². The smallest absolute Gasteiger partial charge is 0.323 e. The number of nitrogens with zero attached hydrogens (tertiary/aromatic N) is 2. The summed E-state index contributed by atoms with van der Waals surface area (Å²) >= 11 is 0. The summed E-state index contributed by atoms with van der Waals surface area (Å²) in [6.45, 7) is 11.8. The summed E-state index contributed by atoms with van der Waals surface area (Å²) in [5.74, 6) is 0. The number of carbonyl (C=O) groups excluding carboxylic acids is 6. The number of unbranched alkanes of at least 4 members (excludes halogenated alkanes) is 7. The predicted octanol–water partition coefficient (Wildman–Crippen LogP) is 22.5. The number of hydrogen-bond donors (Lipinski definition) is 12. The second-order valence-corrected chi connectivity index (χ2v) is 28.9. The van der Waals surface area contributed by atoms with Crippen LogP contribution >= 0.6 is 0 Å². The molecule has 20 nitrogen and oxygen atoms in total. The van der Waals surface area contributed by atoms with Crippen molar-refractivity contribution in [2.24, 2.45) is 0 Å². The Hall–Kier alpha value is -12.3. The maximum atomic E-state index is 13.8. The van der Waals surface area contributed by atoms with Crippen molar-refractivity contribution in [2.75, 3.05) is 66.3 Å². The molecule has 0 unspecified atom stereocenters. The lowest BCUT2D eigenvalue weighted by atomic mass is 10.1. The largest absolute Gasteiger partial charge is 0.338 e. The number of para-hydroxylation sites is 6. The molecule has 0 saturated carbocycles. The lowest BCUT2D eigenvalue weighted by Crippen LogP contribution is -2.31. The van der Waals surface area contributed by atoms with Gasteiger partial charge in [-0.05, 0) is 205 Å². The van der Waals surface area contributed by atoms with Gasteiger partial charge in [0.05, 0.1) is 0 Å². The van der Waals surface area contributed by atoms with Gasteiger partial charge >= 0.3 is 36.2 Å². The summed E-state index contributed by atoms with van der Waals surface area (Å²) in [5, 5.41) is 36.7. The first-order valence-electron chi connectivity index (χ1n) is 40.4. The van der Waals surface area contributed by atoms with Crippen molar-refractivity contribution in [3.63, 3.8) is 0 Å². The van der Waals surface area contributed by atoms with Crippen molar-refractivity contribution in [3.05, 3.63) is 298 Å². The Balaban J connectivity index is 0.736. The van der Waals surface area contributed by atoms with Crippen LogP contribution in [0.1, 0.15) is 160 Å². The van der Waals surface area contributed by atoms with Crippen molar-refractivity contribution < 1.29 is 28.8 Å². The molecular formula is C94H112N14O6. The molecule has 0 aliphatic rings. The highest BCUT2D eigenvalue weighted by Crippen LogP contribution is 2.30. The normalized spacial score (nSPS) is 11.0. The van der Waals surface area contributed by atoms with Gasteiger partial charge in [0.25, 0.3) is 0 Å². The molecule has 10 aromatic carbocycles. The second kappa shape index (κ2) is 45.9. The average molecular weight is 1530 g/mol. The highest BCUT2D eigenvalue weighted by molar-refractivity contribution is 6.03. The van der Waals surface area contributed by atoms with E-state index >= 15 is 0 Å². The summed E-state index contributed by atoms with van der Waals surface area (Å²) in [4.78, 5) is 86.5. The summed E-state index contributed by atoms with van der Waals surface area (Å²) in [5.41, 5.74) is 16.6. The first-order chi connectivity index (χ1) is 55.7. The number of carbonyl (C=O) groups is 6. The maximum Gasteiger partial charge on any atom is 0.323 e. The van der Waals surface area contributed by atoms with Crippen molar-refractivity contribution in [1.29, 1.82) is 0 Å². The van der Waals surface area contributed by atoms with Crippen molar-refractivity contribution in [2.45, 2.75) is 170 Å². The van der Waals surface area contributed by atoms with Crippen LogP contribution in [0.3, 0.4) is 0 Å². The maximum absolute atomic E-state index is 13.8. The van der Waals surface area contributed by atoms with E-state index in [2.05, 4.69) is 101 Å². The van der Waals surface area contributed by atoms with Gasteiger partial charge < -0.3 is 63.8 Å². The fourth-order valence-corrected chi connectivity index (χ4v) is 13.5. The number of benzene rings is 10. The number of rotatable bonds is 41. The van der Waals surface area contributed by atoms with Gasteiger partial charge in [-0.2, -0.15) is 0 Å². The minimum absolute atomic E-state index is 0.342. The van der Waals surface area contributed by atoms with Gasteiger partial charge in [-0.3, -0.25) is 9.80 Å². The zero-order valence-corrected chi connectivity index (χ0v) is 66.4. The van der Waals surface area contributed by atoms with Crippen molar-refractivity contribution >= 4 is 93.1 Å². The van der Waals surface area contributed by atoms with E-state index in [0.717, 1.165) is 136 Å². The fourth-order valence-electron chi connectivity index (χ4n) is 13.5. The topological polar surface area (TPSA) is 253 Å². The molecule has 0 spiro atoms. The van der Waals surface area contributed by atoms with E-state index in [4.69, 9.17) is 0 Å². The third kappa shape index (κ3) is 28.5. The Morgan fingerprint density at radius 1 is 0.219 bits per heavy atom. The lowest BCUT2D eigenvalue weighted by Gasteiger charge is -2.26. The number of nitrogens with one attached hydrogen (secondary N) is 12. The van der Waals surface area contributed by atoms with Crippen LogP contribution in [0, 0.1) is 0 Å². The summed E-state index contributed by atoms with van der Waals surface area (Å²) in [7, 11) is 0. The summed E-state index contributed by atoms with van der Waals surface area (Å²) < 4.78 is 0. The van der Waals surface area contributed by atoms with E-state index in [-0.39, 0.29) is 36.2 Å². The van der Waals surface area contributed by atoms with E-state index in [9.17, 15) is 28.8 Å². The molecule has 10 rings (SSSR count). The molecule has 0 atom stereocenters. The van der Waals surface area contributed by atoms with Gasteiger partial charge in [-0.15, -0.1) is 0 Å². The highest BCUT2D eigenvalue weighted by atomic mass is 16.2. The summed E-state index contributed by atoms with van der Waals surface area (Å²) in [6, 6.07) is 75.9. The molecule has 10 aromatic rings. The van der Waals surface area contributed by atoms with Crippen LogP contribution in [-0.4, -0.2) is 59.1 Å². The molecule has 12 amide bonds. The minimum Gasteiger partial charge on any atom is -0.338 e. The number of anilines is 10. The van der Waals surface area contributed by atoms with Crippen LogP contribution in [0.5, 0.6) is 0 Å². The van der Waals surface area contributed by atoms with E-state index in [1.807, 2.05) is 243 Å². The molecule has 0 bridgehead atoms. The number of aryl methyl sites for hydroxylation is 4. The van der Waals surface area contributed by atoms with Gasteiger partial charge in [0, 0.05) is 109 Å². The van der Waals surface area contributed by atoms with Crippen LogP contribution in [0.2, 0.25) is 0 Å². The summed E-state index contributed by atoms with van der Waals surface area (Å²) in [6.07, 6.45) is 15.8. The van der Waals surface area contributed by atoms with Crippen molar-refractivity contribution in [1.82, 2.24) is 20.4 Å². The molecule has 0 radical (unpaired) electrons. The molecular weight excluding hydrogens is 1420 g/mol. The molecule has 0 aliphatic heterocycles. The monoisotopic (exact) mass is 1530 g/mol. The van der Waals surface area contributed by atoms with Gasteiger partial charge in [0.1, 0.15) is 0 Å². The number of amides is 12. The van der Waals surface area contributed by atoms with Gasteiger partial charge in [0.2, 0.25) is 0 Å². The van der Waals surface area contributed by atoms with Gasteiger partial charge in [-0.25, -0.2) is 28.8 Å². The van der Waals surface area contributed by atoms with E-state index < -0.39 is 0 Å².